The molecule has 0 amide bonds. The maximum Gasteiger partial charge on any atom is 0.221 e. The van der Waals surface area contributed by atoms with Crippen molar-refractivity contribution in [3.05, 3.63) is 11.9 Å². The van der Waals surface area contributed by atoms with Gasteiger partial charge >= 0.3 is 0 Å². The zero-order valence-electron chi connectivity index (χ0n) is 13.0. The van der Waals surface area contributed by atoms with Gasteiger partial charge in [-0.15, -0.1) is 0 Å². The molecule has 2 rings (SSSR count). The summed E-state index contributed by atoms with van der Waals surface area (Å²) in [5.74, 6) is 2.41. The number of aromatic nitrogens is 2. The Balaban J connectivity index is 2.08. The molecule has 0 saturated heterocycles. The van der Waals surface area contributed by atoms with Gasteiger partial charge in [-0.25, -0.2) is 9.97 Å². The average molecular weight is 277 g/mol. The Morgan fingerprint density at radius 1 is 1.25 bits per heavy atom. The van der Waals surface area contributed by atoms with E-state index in [9.17, 15) is 0 Å². The van der Waals surface area contributed by atoms with Crippen molar-refractivity contribution in [2.24, 2.45) is 5.92 Å². The lowest BCUT2D eigenvalue weighted by atomic mass is 9.83. The first-order valence-corrected chi connectivity index (χ1v) is 7.97. The van der Waals surface area contributed by atoms with Gasteiger partial charge in [0, 0.05) is 6.04 Å². The van der Waals surface area contributed by atoms with Crippen molar-refractivity contribution in [3.8, 4) is 5.88 Å². The molecule has 1 fully saturated rings. The van der Waals surface area contributed by atoms with Gasteiger partial charge in [0.2, 0.25) is 5.88 Å². The highest BCUT2D eigenvalue weighted by Crippen LogP contribution is 2.30. The third-order valence-corrected chi connectivity index (χ3v) is 4.30. The maximum atomic E-state index is 5.55. The average Bonchev–Trinajstić information content (AvgIpc) is 2.49. The highest BCUT2D eigenvalue weighted by molar-refractivity contribution is 5.48. The molecular weight excluding hydrogens is 250 g/mol. The summed E-state index contributed by atoms with van der Waals surface area (Å²) < 4.78 is 5.55. The van der Waals surface area contributed by atoms with Crippen molar-refractivity contribution in [3.63, 3.8) is 0 Å². The second-order valence-electron chi connectivity index (χ2n) is 5.64. The monoisotopic (exact) mass is 277 g/mol. The van der Waals surface area contributed by atoms with Gasteiger partial charge in [-0.05, 0) is 39.0 Å². The van der Waals surface area contributed by atoms with Gasteiger partial charge in [-0.1, -0.05) is 26.2 Å². The molecule has 0 aliphatic heterocycles. The molecule has 112 valence electrons. The molecular formula is C16H27N3O. The summed E-state index contributed by atoms with van der Waals surface area (Å²) in [6.45, 7) is 6.90. The summed E-state index contributed by atoms with van der Waals surface area (Å²) in [6.07, 6.45) is 9.55. The van der Waals surface area contributed by atoms with Crippen molar-refractivity contribution < 1.29 is 4.74 Å². The minimum Gasteiger partial charge on any atom is -0.478 e. The van der Waals surface area contributed by atoms with E-state index in [1.807, 2.05) is 13.8 Å². The third-order valence-electron chi connectivity index (χ3n) is 4.30. The van der Waals surface area contributed by atoms with E-state index < -0.39 is 0 Å². The van der Waals surface area contributed by atoms with E-state index >= 15 is 0 Å². The summed E-state index contributed by atoms with van der Waals surface area (Å²) in [5, 5.41) is 3.63. The zero-order valence-corrected chi connectivity index (χ0v) is 13.0. The standard InChI is InChI=1S/C16H27N3O/c1-4-14(13-9-7-6-8-10-13)19-15-12(3)16(20-5-2)18-11-17-15/h11,13-14H,4-10H2,1-3H3,(H,17,18,19). The predicted octanol–water partition coefficient (Wildman–Crippen LogP) is 3.95. The van der Waals surface area contributed by atoms with Crippen LogP contribution in [-0.4, -0.2) is 22.6 Å². The number of rotatable bonds is 6. The Labute approximate surface area is 122 Å². The molecule has 20 heavy (non-hydrogen) atoms. The maximum absolute atomic E-state index is 5.55. The Kier molecular flexibility index (Phi) is 5.62. The Hall–Kier alpha value is -1.32. The fraction of sp³-hybridized carbons (Fsp3) is 0.750. The van der Waals surface area contributed by atoms with Gasteiger partial charge in [-0.2, -0.15) is 0 Å². The molecule has 0 bridgehead atoms. The van der Waals surface area contributed by atoms with Crippen LogP contribution in [0.3, 0.4) is 0 Å². The van der Waals surface area contributed by atoms with Gasteiger partial charge in [0.15, 0.2) is 0 Å². The van der Waals surface area contributed by atoms with Crippen LogP contribution in [0, 0.1) is 12.8 Å². The molecule has 0 aromatic carbocycles. The second kappa shape index (κ2) is 7.46. The fourth-order valence-corrected chi connectivity index (χ4v) is 3.13. The third kappa shape index (κ3) is 3.62. The summed E-state index contributed by atoms with van der Waals surface area (Å²) in [6, 6.07) is 0.512. The van der Waals surface area contributed by atoms with Crippen LogP contribution in [0.2, 0.25) is 0 Å². The number of ether oxygens (including phenoxy) is 1. The van der Waals surface area contributed by atoms with Crippen LogP contribution < -0.4 is 10.1 Å². The fourth-order valence-electron chi connectivity index (χ4n) is 3.13. The number of nitrogens with zero attached hydrogens (tertiary/aromatic N) is 2. The summed E-state index contributed by atoms with van der Waals surface area (Å²) in [5.41, 5.74) is 1.02. The topological polar surface area (TPSA) is 47.0 Å². The van der Waals surface area contributed by atoms with E-state index in [2.05, 4.69) is 22.2 Å². The van der Waals surface area contributed by atoms with E-state index in [0.717, 1.165) is 23.7 Å². The van der Waals surface area contributed by atoms with E-state index in [4.69, 9.17) is 4.74 Å². The molecule has 4 nitrogen and oxygen atoms in total. The van der Waals surface area contributed by atoms with Gasteiger partial charge in [0.1, 0.15) is 12.1 Å². The van der Waals surface area contributed by atoms with Gasteiger partial charge in [0.25, 0.3) is 0 Å². The number of hydrogen-bond acceptors (Lipinski definition) is 4. The van der Waals surface area contributed by atoms with Crippen molar-refractivity contribution in [1.29, 1.82) is 0 Å². The Morgan fingerprint density at radius 2 is 2.00 bits per heavy atom. The van der Waals surface area contributed by atoms with Crippen LogP contribution in [-0.2, 0) is 0 Å². The van der Waals surface area contributed by atoms with E-state index in [-0.39, 0.29) is 0 Å². The van der Waals surface area contributed by atoms with Crippen molar-refractivity contribution in [1.82, 2.24) is 9.97 Å². The Bertz CT molecular complexity index is 416. The molecule has 1 atom stereocenters. The zero-order chi connectivity index (χ0) is 14.4. The Morgan fingerprint density at radius 3 is 2.65 bits per heavy atom. The number of anilines is 1. The molecule has 1 aromatic heterocycles. The van der Waals surface area contributed by atoms with E-state index in [0.29, 0.717) is 18.5 Å². The second-order valence-corrected chi connectivity index (χ2v) is 5.64. The molecule has 1 heterocycles. The van der Waals surface area contributed by atoms with Gasteiger partial charge in [0.05, 0.1) is 12.2 Å². The van der Waals surface area contributed by atoms with Crippen molar-refractivity contribution in [2.45, 2.75) is 65.3 Å². The minimum atomic E-state index is 0.512. The van der Waals surface area contributed by atoms with Crippen LogP contribution >= 0.6 is 0 Å². The van der Waals surface area contributed by atoms with E-state index in [1.165, 1.54) is 32.1 Å². The number of nitrogens with one attached hydrogen (secondary N) is 1. The van der Waals surface area contributed by atoms with Gasteiger partial charge in [-0.3, -0.25) is 0 Å². The lowest BCUT2D eigenvalue weighted by Gasteiger charge is -2.31. The highest BCUT2D eigenvalue weighted by atomic mass is 16.5. The molecule has 1 aliphatic rings. The highest BCUT2D eigenvalue weighted by Gasteiger charge is 2.23. The molecule has 1 N–H and O–H groups in total. The van der Waals surface area contributed by atoms with Gasteiger partial charge < -0.3 is 10.1 Å². The SMILES string of the molecule is CCOc1ncnc(NC(CC)C2CCCCC2)c1C. The molecule has 1 aliphatic carbocycles. The van der Waals surface area contributed by atoms with Crippen LogP contribution in [0.25, 0.3) is 0 Å². The first-order valence-electron chi connectivity index (χ1n) is 7.97. The summed E-state index contributed by atoms with van der Waals surface area (Å²) >= 11 is 0. The van der Waals surface area contributed by atoms with Crippen LogP contribution in [0.15, 0.2) is 6.33 Å². The number of hydrogen-bond donors (Lipinski definition) is 1. The molecule has 0 spiro atoms. The summed E-state index contributed by atoms with van der Waals surface area (Å²) in [7, 11) is 0. The largest absolute Gasteiger partial charge is 0.478 e. The molecule has 1 saturated carbocycles. The van der Waals surface area contributed by atoms with Crippen LogP contribution in [0.4, 0.5) is 5.82 Å². The normalized spacial score (nSPS) is 17.8. The molecule has 0 radical (unpaired) electrons. The predicted molar refractivity (Wildman–Crippen MR) is 82.2 cm³/mol. The van der Waals surface area contributed by atoms with Crippen LogP contribution in [0.1, 0.15) is 57.9 Å². The quantitative estimate of drug-likeness (QED) is 0.855. The van der Waals surface area contributed by atoms with E-state index in [1.54, 1.807) is 6.33 Å². The molecule has 1 unspecified atom stereocenters. The van der Waals surface area contributed by atoms with Crippen molar-refractivity contribution in [2.75, 3.05) is 11.9 Å². The lowest BCUT2D eigenvalue weighted by Crippen LogP contribution is -2.30. The van der Waals surface area contributed by atoms with Crippen LogP contribution in [0.5, 0.6) is 5.88 Å². The summed E-state index contributed by atoms with van der Waals surface area (Å²) in [4.78, 5) is 8.60. The lowest BCUT2D eigenvalue weighted by molar-refractivity contribution is 0.311. The minimum absolute atomic E-state index is 0.512. The first kappa shape index (κ1) is 15.1. The first-order chi connectivity index (χ1) is 9.76. The smallest absolute Gasteiger partial charge is 0.221 e. The molecule has 1 aromatic rings. The molecule has 4 heteroatoms. The van der Waals surface area contributed by atoms with Crippen molar-refractivity contribution >= 4 is 5.82 Å².